The van der Waals surface area contributed by atoms with Gasteiger partial charge in [-0.15, -0.1) is 11.6 Å². The third kappa shape index (κ3) is 1.90. The first-order chi connectivity index (χ1) is 7.61. The van der Waals surface area contributed by atoms with E-state index in [-0.39, 0.29) is 17.5 Å². The summed E-state index contributed by atoms with van der Waals surface area (Å²) >= 11 is 5.43. The second-order valence-electron chi connectivity index (χ2n) is 3.00. The molecule has 1 aromatic heterocycles. The van der Waals surface area contributed by atoms with Gasteiger partial charge in [0.05, 0.1) is 17.6 Å². The highest BCUT2D eigenvalue weighted by molar-refractivity contribution is 6.16. The van der Waals surface area contributed by atoms with Crippen LogP contribution in [0.4, 0.5) is 13.2 Å². The molecule has 84 valence electrons. The van der Waals surface area contributed by atoms with Gasteiger partial charge in [-0.25, -0.2) is 18.2 Å². The zero-order valence-corrected chi connectivity index (χ0v) is 8.56. The molecule has 16 heavy (non-hydrogen) atoms. The SMILES string of the molecule is Fc1cc(F)c(-c2cnc(CCl)o2)c(F)c1. The third-order valence-corrected chi connectivity index (χ3v) is 2.15. The first-order valence-corrected chi connectivity index (χ1v) is 4.81. The number of oxazole rings is 1. The number of rotatable bonds is 2. The Balaban J connectivity index is 2.55. The molecule has 0 saturated carbocycles. The largest absolute Gasteiger partial charge is 0.439 e. The summed E-state index contributed by atoms with van der Waals surface area (Å²) in [7, 11) is 0. The molecule has 0 unspecified atom stereocenters. The molecule has 0 spiro atoms. The quantitative estimate of drug-likeness (QED) is 0.759. The minimum atomic E-state index is -1.05. The third-order valence-electron chi connectivity index (χ3n) is 1.92. The number of benzene rings is 1. The fraction of sp³-hybridized carbons (Fsp3) is 0.100. The smallest absolute Gasteiger partial charge is 0.209 e. The minimum Gasteiger partial charge on any atom is -0.439 e. The normalized spacial score (nSPS) is 10.8. The van der Waals surface area contributed by atoms with E-state index in [0.29, 0.717) is 12.1 Å². The highest BCUT2D eigenvalue weighted by Crippen LogP contribution is 2.27. The molecule has 2 nitrogen and oxygen atoms in total. The van der Waals surface area contributed by atoms with Gasteiger partial charge in [-0.2, -0.15) is 0 Å². The van der Waals surface area contributed by atoms with Gasteiger partial charge in [0.15, 0.2) is 5.76 Å². The zero-order valence-electron chi connectivity index (χ0n) is 7.81. The molecule has 1 aromatic carbocycles. The monoisotopic (exact) mass is 247 g/mol. The van der Waals surface area contributed by atoms with Crippen LogP contribution in [-0.2, 0) is 5.88 Å². The number of halogens is 4. The summed E-state index contributed by atoms with van der Waals surface area (Å²) in [6, 6.07) is 1.14. The van der Waals surface area contributed by atoms with Crippen molar-refractivity contribution in [1.29, 1.82) is 0 Å². The maximum Gasteiger partial charge on any atom is 0.209 e. The van der Waals surface area contributed by atoms with Crippen LogP contribution in [0.15, 0.2) is 22.7 Å². The first-order valence-electron chi connectivity index (χ1n) is 4.27. The molecule has 0 bridgehead atoms. The highest BCUT2D eigenvalue weighted by Gasteiger charge is 2.17. The van der Waals surface area contributed by atoms with Gasteiger partial charge in [-0.1, -0.05) is 0 Å². The lowest BCUT2D eigenvalue weighted by atomic mass is 10.1. The molecule has 1 heterocycles. The predicted octanol–water partition coefficient (Wildman–Crippen LogP) is 3.50. The average Bonchev–Trinajstić information content (AvgIpc) is 2.64. The summed E-state index contributed by atoms with van der Waals surface area (Å²) < 4.78 is 44.2. The van der Waals surface area contributed by atoms with E-state index in [2.05, 4.69) is 4.98 Å². The van der Waals surface area contributed by atoms with Crippen LogP contribution in [0.5, 0.6) is 0 Å². The molecule has 6 heteroatoms. The second-order valence-corrected chi connectivity index (χ2v) is 3.26. The fourth-order valence-electron chi connectivity index (χ4n) is 1.27. The van der Waals surface area contributed by atoms with Crippen molar-refractivity contribution >= 4 is 11.6 Å². The topological polar surface area (TPSA) is 26.0 Å². The Morgan fingerprint density at radius 2 is 1.81 bits per heavy atom. The van der Waals surface area contributed by atoms with E-state index in [1.54, 1.807) is 0 Å². The van der Waals surface area contributed by atoms with Crippen LogP contribution < -0.4 is 0 Å². The van der Waals surface area contributed by atoms with Crippen molar-refractivity contribution in [3.05, 3.63) is 41.7 Å². The molecule has 0 saturated heterocycles. The lowest BCUT2D eigenvalue weighted by molar-refractivity contribution is 0.507. The van der Waals surface area contributed by atoms with Crippen LogP contribution in [0.3, 0.4) is 0 Å². The second kappa shape index (κ2) is 4.17. The van der Waals surface area contributed by atoms with Crippen LogP contribution in [0, 0.1) is 17.5 Å². The van der Waals surface area contributed by atoms with Gasteiger partial charge in [-0.05, 0) is 0 Å². The fourth-order valence-corrected chi connectivity index (χ4v) is 1.39. The lowest BCUT2D eigenvalue weighted by Crippen LogP contribution is -1.91. The average molecular weight is 248 g/mol. The molecular weight excluding hydrogens is 243 g/mol. The molecule has 0 radical (unpaired) electrons. The number of alkyl halides is 1. The summed E-state index contributed by atoms with van der Waals surface area (Å²) in [5, 5.41) is 0. The molecule has 0 N–H and O–H groups in total. The van der Waals surface area contributed by atoms with Gasteiger partial charge in [0.25, 0.3) is 0 Å². The summed E-state index contributed by atoms with van der Waals surface area (Å²) in [6.07, 6.45) is 1.14. The Morgan fingerprint density at radius 3 is 2.31 bits per heavy atom. The summed E-state index contributed by atoms with van der Waals surface area (Å²) in [5.74, 6) is -3.07. The number of nitrogens with zero attached hydrogens (tertiary/aromatic N) is 1. The Bertz CT molecular complexity index is 504. The van der Waals surface area contributed by atoms with Crippen molar-refractivity contribution in [3.63, 3.8) is 0 Å². The molecule has 0 atom stereocenters. The van der Waals surface area contributed by atoms with E-state index >= 15 is 0 Å². The van der Waals surface area contributed by atoms with Gasteiger partial charge < -0.3 is 4.42 Å². The van der Waals surface area contributed by atoms with Crippen molar-refractivity contribution in [2.24, 2.45) is 0 Å². The van der Waals surface area contributed by atoms with Gasteiger partial charge in [0, 0.05) is 12.1 Å². The van der Waals surface area contributed by atoms with E-state index in [9.17, 15) is 13.2 Å². The van der Waals surface area contributed by atoms with E-state index < -0.39 is 23.0 Å². The van der Waals surface area contributed by atoms with E-state index in [1.807, 2.05) is 0 Å². The summed E-state index contributed by atoms with van der Waals surface area (Å²) in [4.78, 5) is 3.69. The van der Waals surface area contributed by atoms with Crippen LogP contribution in [0.1, 0.15) is 5.89 Å². The summed E-state index contributed by atoms with van der Waals surface area (Å²) in [6.45, 7) is 0. The first kappa shape index (κ1) is 11.0. The maximum atomic E-state index is 13.3. The summed E-state index contributed by atoms with van der Waals surface area (Å²) in [5.41, 5.74) is -0.453. The van der Waals surface area contributed by atoms with Crippen LogP contribution in [-0.4, -0.2) is 4.98 Å². The predicted molar refractivity (Wildman–Crippen MR) is 51.4 cm³/mol. The Labute approximate surface area is 93.7 Å². The number of aromatic nitrogens is 1. The van der Waals surface area contributed by atoms with Crippen molar-refractivity contribution in [2.45, 2.75) is 5.88 Å². The van der Waals surface area contributed by atoms with Gasteiger partial charge in [0.2, 0.25) is 5.89 Å². The van der Waals surface area contributed by atoms with E-state index in [4.69, 9.17) is 16.0 Å². The van der Waals surface area contributed by atoms with Crippen molar-refractivity contribution < 1.29 is 17.6 Å². The van der Waals surface area contributed by atoms with Crippen molar-refractivity contribution in [2.75, 3.05) is 0 Å². The Hall–Kier alpha value is -1.49. The number of hydrogen-bond acceptors (Lipinski definition) is 2. The Kier molecular flexibility index (Phi) is 2.87. The highest BCUT2D eigenvalue weighted by atomic mass is 35.5. The van der Waals surface area contributed by atoms with Crippen molar-refractivity contribution in [1.82, 2.24) is 4.98 Å². The zero-order chi connectivity index (χ0) is 11.7. The molecule has 0 aliphatic rings. The van der Waals surface area contributed by atoms with Crippen LogP contribution in [0.2, 0.25) is 0 Å². The molecule has 0 amide bonds. The van der Waals surface area contributed by atoms with Gasteiger partial charge in [0.1, 0.15) is 17.5 Å². The lowest BCUT2D eigenvalue weighted by Gasteiger charge is -2.00. The van der Waals surface area contributed by atoms with Crippen molar-refractivity contribution in [3.8, 4) is 11.3 Å². The molecule has 2 aromatic rings. The van der Waals surface area contributed by atoms with Crippen LogP contribution in [0.25, 0.3) is 11.3 Å². The van der Waals surface area contributed by atoms with Crippen LogP contribution >= 0.6 is 11.6 Å². The minimum absolute atomic E-state index is 0.00949. The van der Waals surface area contributed by atoms with E-state index in [0.717, 1.165) is 6.20 Å². The van der Waals surface area contributed by atoms with Gasteiger partial charge in [-0.3, -0.25) is 0 Å². The standard InChI is InChI=1S/C10H5ClF3NO/c11-3-9-15-4-8(16-9)10-6(13)1-5(12)2-7(10)14/h1-2,4H,3H2. The molecule has 0 fully saturated rings. The van der Waals surface area contributed by atoms with E-state index in [1.165, 1.54) is 0 Å². The molecular formula is C10H5ClF3NO. The maximum absolute atomic E-state index is 13.3. The van der Waals surface area contributed by atoms with Gasteiger partial charge >= 0.3 is 0 Å². The molecule has 0 aliphatic heterocycles. The number of hydrogen-bond donors (Lipinski definition) is 0. The Morgan fingerprint density at radius 1 is 1.19 bits per heavy atom. The molecule has 2 rings (SSSR count). The molecule has 0 aliphatic carbocycles.